The molecular formula is C23H20F3N5O2. The van der Waals surface area contributed by atoms with Gasteiger partial charge in [0.05, 0.1) is 11.7 Å². The van der Waals surface area contributed by atoms with Gasteiger partial charge in [0, 0.05) is 23.2 Å². The predicted molar refractivity (Wildman–Crippen MR) is 118 cm³/mol. The van der Waals surface area contributed by atoms with Crippen LogP contribution in [0.15, 0.2) is 67.0 Å². The van der Waals surface area contributed by atoms with Crippen LogP contribution in [0.25, 0.3) is 22.0 Å². The molecule has 1 atom stereocenters. The molecule has 0 bridgehead atoms. The molecule has 33 heavy (non-hydrogen) atoms. The lowest BCUT2D eigenvalue weighted by atomic mass is 10.1. The van der Waals surface area contributed by atoms with Crippen LogP contribution in [0.5, 0.6) is 5.75 Å². The normalized spacial score (nSPS) is 12.5. The molecule has 0 saturated heterocycles. The van der Waals surface area contributed by atoms with Gasteiger partial charge in [0.1, 0.15) is 12.4 Å². The molecule has 0 radical (unpaired) electrons. The molecule has 4 N–H and O–H groups in total. The number of benzene rings is 2. The highest BCUT2D eigenvalue weighted by molar-refractivity contribution is 6.02. The Balaban J connectivity index is 1.49. The maximum absolute atomic E-state index is 12.6. The first-order chi connectivity index (χ1) is 15.8. The second-order valence-electron chi connectivity index (χ2n) is 7.45. The largest absolute Gasteiger partial charge is 0.490 e. The van der Waals surface area contributed by atoms with E-state index < -0.39 is 12.1 Å². The van der Waals surface area contributed by atoms with Crippen molar-refractivity contribution in [2.75, 3.05) is 11.9 Å². The van der Waals surface area contributed by atoms with E-state index in [1.165, 1.54) is 0 Å². The Morgan fingerprint density at radius 2 is 1.88 bits per heavy atom. The Bertz CT molecular complexity index is 1260. The molecule has 170 valence electrons. The predicted octanol–water partition coefficient (Wildman–Crippen LogP) is 4.07. The van der Waals surface area contributed by atoms with Gasteiger partial charge in [-0.2, -0.15) is 18.3 Å². The number of aromatic nitrogens is 3. The van der Waals surface area contributed by atoms with Gasteiger partial charge in [-0.25, -0.2) is 0 Å². The number of nitrogens with zero attached hydrogens (tertiary/aromatic N) is 2. The summed E-state index contributed by atoms with van der Waals surface area (Å²) in [6.45, 7) is 0.286. The number of hydrogen-bond acceptors (Lipinski definition) is 5. The van der Waals surface area contributed by atoms with E-state index in [9.17, 15) is 18.0 Å². The van der Waals surface area contributed by atoms with E-state index in [4.69, 9.17) is 10.5 Å². The van der Waals surface area contributed by atoms with Gasteiger partial charge in [0.2, 0.25) is 0 Å². The molecule has 4 aromatic rings. The van der Waals surface area contributed by atoms with Crippen molar-refractivity contribution in [2.24, 2.45) is 5.73 Å². The van der Waals surface area contributed by atoms with Crippen LogP contribution in [0.2, 0.25) is 0 Å². The minimum atomic E-state index is -5.01. The number of hydrogen-bond donors (Lipinski definition) is 3. The van der Waals surface area contributed by atoms with E-state index in [2.05, 4.69) is 15.2 Å². The maximum Gasteiger partial charge on any atom is 0.471 e. The van der Waals surface area contributed by atoms with Crippen LogP contribution in [0.4, 0.5) is 19.0 Å². The standard InChI is InChI=1S/C23H20F3N5O2/c24-23(25,26)22(32)29-21-19-10-15(6-7-20(19)30-31-21)16-9-18(12-28-11-16)33-13-17(27)8-14-4-2-1-3-5-14/h1-7,9-12,17H,8,13,27H2,(H2,29,30,31,32)/t17-/m1/s1. The molecule has 0 unspecified atom stereocenters. The number of anilines is 1. The maximum atomic E-state index is 12.6. The van der Waals surface area contributed by atoms with Gasteiger partial charge in [-0.15, -0.1) is 0 Å². The Morgan fingerprint density at radius 1 is 1.09 bits per heavy atom. The van der Waals surface area contributed by atoms with Gasteiger partial charge in [0.15, 0.2) is 5.82 Å². The zero-order chi connectivity index (χ0) is 23.4. The fraction of sp³-hybridized carbons (Fsp3) is 0.174. The molecule has 0 spiro atoms. The summed E-state index contributed by atoms with van der Waals surface area (Å²) in [5.74, 6) is -1.79. The quantitative estimate of drug-likeness (QED) is 0.390. The number of aromatic amines is 1. The Morgan fingerprint density at radius 3 is 2.64 bits per heavy atom. The summed E-state index contributed by atoms with van der Waals surface area (Å²) >= 11 is 0. The van der Waals surface area contributed by atoms with Crippen molar-refractivity contribution < 1.29 is 22.7 Å². The van der Waals surface area contributed by atoms with Crippen molar-refractivity contribution in [2.45, 2.75) is 18.6 Å². The highest BCUT2D eigenvalue weighted by Crippen LogP contribution is 2.29. The van der Waals surface area contributed by atoms with Crippen LogP contribution in [-0.2, 0) is 11.2 Å². The molecule has 0 aliphatic heterocycles. The van der Waals surface area contributed by atoms with Gasteiger partial charge in [-0.3, -0.25) is 14.9 Å². The van der Waals surface area contributed by atoms with Crippen molar-refractivity contribution in [3.63, 3.8) is 0 Å². The Hall–Kier alpha value is -3.92. The van der Waals surface area contributed by atoms with Crippen LogP contribution >= 0.6 is 0 Å². The molecule has 2 aromatic heterocycles. The number of carbonyl (C=O) groups is 1. The minimum absolute atomic E-state index is 0.207. The van der Waals surface area contributed by atoms with Crippen molar-refractivity contribution >= 4 is 22.6 Å². The number of carbonyl (C=O) groups excluding carboxylic acids is 1. The molecule has 2 heterocycles. The molecule has 10 heteroatoms. The zero-order valence-electron chi connectivity index (χ0n) is 17.3. The third-order valence-corrected chi connectivity index (χ3v) is 4.90. The number of alkyl halides is 3. The molecule has 0 aliphatic rings. The summed E-state index contributed by atoms with van der Waals surface area (Å²) in [5.41, 5.74) is 9.10. The molecule has 2 aromatic carbocycles. The van der Waals surface area contributed by atoms with E-state index in [0.717, 1.165) is 5.56 Å². The number of ether oxygens (including phenoxy) is 1. The number of rotatable bonds is 7. The molecule has 7 nitrogen and oxygen atoms in total. The second kappa shape index (κ2) is 9.29. The van der Waals surface area contributed by atoms with Gasteiger partial charge in [-0.05, 0) is 35.7 Å². The highest BCUT2D eigenvalue weighted by Gasteiger charge is 2.39. The van der Waals surface area contributed by atoms with Crippen LogP contribution < -0.4 is 15.8 Å². The summed E-state index contributed by atoms with van der Waals surface area (Å²) in [6, 6.07) is 16.4. The van der Waals surface area contributed by atoms with E-state index in [0.29, 0.717) is 34.2 Å². The third-order valence-electron chi connectivity index (χ3n) is 4.90. The fourth-order valence-corrected chi connectivity index (χ4v) is 3.30. The van der Waals surface area contributed by atoms with Crippen LogP contribution in [0.1, 0.15) is 5.56 Å². The monoisotopic (exact) mass is 455 g/mol. The first-order valence-corrected chi connectivity index (χ1v) is 10.0. The van der Waals surface area contributed by atoms with Gasteiger partial charge < -0.3 is 15.8 Å². The lowest BCUT2D eigenvalue weighted by Gasteiger charge is -2.14. The lowest BCUT2D eigenvalue weighted by Crippen LogP contribution is -2.30. The number of nitrogens with two attached hydrogens (primary N) is 1. The first kappa shape index (κ1) is 22.3. The number of halogens is 3. The minimum Gasteiger partial charge on any atom is -0.490 e. The Kier molecular flexibility index (Phi) is 6.27. The average Bonchev–Trinajstić information content (AvgIpc) is 3.20. The van der Waals surface area contributed by atoms with Crippen molar-refractivity contribution in [3.8, 4) is 16.9 Å². The molecule has 1 amide bonds. The smallest absolute Gasteiger partial charge is 0.471 e. The average molecular weight is 455 g/mol. The molecule has 0 fully saturated rings. The Labute approximate surface area is 186 Å². The number of H-pyrrole nitrogens is 1. The van der Waals surface area contributed by atoms with Crippen molar-refractivity contribution in [1.82, 2.24) is 15.2 Å². The SMILES string of the molecule is N[C@@H](COc1cncc(-c2ccc3[nH]nc(NC(=O)C(F)(F)F)c3c2)c1)Cc1ccccc1. The summed E-state index contributed by atoms with van der Waals surface area (Å²) < 4.78 is 43.6. The van der Waals surface area contributed by atoms with Crippen molar-refractivity contribution in [3.05, 3.63) is 72.6 Å². The summed E-state index contributed by atoms with van der Waals surface area (Å²) in [4.78, 5) is 15.5. The third kappa shape index (κ3) is 5.47. The van der Waals surface area contributed by atoms with Crippen LogP contribution in [0.3, 0.4) is 0 Å². The van der Waals surface area contributed by atoms with Gasteiger partial charge >= 0.3 is 12.1 Å². The van der Waals surface area contributed by atoms with Gasteiger partial charge in [0.25, 0.3) is 0 Å². The summed E-state index contributed by atoms with van der Waals surface area (Å²) in [7, 11) is 0. The lowest BCUT2D eigenvalue weighted by molar-refractivity contribution is -0.167. The molecule has 0 aliphatic carbocycles. The highest BCUT2D eigenvalue weighted by atomic mass is 19.4. The van der Waals surface area contributed by atoms with Crippen LogP contribution in [0, 0.1) is 0 Å². The van der Waals surface area contributed by atoms with E-state index in [1.54, 1.807) is 42.0 Å². The van der Waals surface area contributed by atoms with E-state index in [1.807, 2.05) is 30.3 Å². The molecule has 0 saturated carbocycles. The van der Waals surface area contributed by atoms with Crippen molar-refractivity contribution in [1.29, 1.82) is 0 Å². The zero-order valence-corrected chi connectivity index (χ0v) is 17.3. The van der Waals surface area contributed by atoms with Crippen LogP contribution in [-0.4, -0.2) is 39.9 Å². The number of nitrogens with one attached hydrogen (secondary N) is 2. The first-order valence-electron chi connectivity index (χ1n) is 10.0. The fourth-order valence-electron chi connectivity index (χ4n) is 3.30. The molecular weight excluding hydrogens is 435 g/mol. The van der Waals surface area contributed by atoms with Gasteiger partial charge in [-0.1, -0.05) is 36.4 Å². The topological polar surface area (TPSA) is 106 Å². The molecule has 4 rings (SSSR count). The van der Waals surface area contributed by atoms with E-state index >= 15 is 0 Å². The summed E-state index contributed by atoms with van der Waals surface area (Å²) in [6.07, 6.45) is -1.19. The summed E-state index contributed by atoms with van der Waals surface area (Å²) in [5, 5.41) is 8.50. The number of amides is 1. The van der Waals surface area contributed by atoms with E-state index in [-0.39, 0.29) is 18.5 Å². The second-order valence-corrected chi connectivity index (χ2v) is 7.45. The number of fused-ring (bicyclic) bond motifs is 1. The number of pyridine rings is 1.